The minimum atomic E-state index is -1.07. The number of phenols is 2. The van der Waals surface area contributed by atoms with Crippen molar-refractivity contribution in [3.05, 3.63) is 48.5 Å². The Morgan fingerprint density at radius 1 is 0.731 bits per heavy atom. The van der Waals surface area contributed by atoms with Gasteiger partial charge in [0.15, 0.2) is 0 Å². The van der Waals surface area contributed by atoms with E-state index in [1.807, 2.05) is 12.1 Å². The minimum absolute atomic E-state index is 0.0409. The van der Waals surface area contributed by atoms with E-state index in [9.17, 15) is 20.7 Å². The molecule has 0 aliphatic heterocycles. The fourth-order valence-corrected chi connectivity index (χ4v) is 3.66. The average molecular weight is 382 g/mol. The molecule has 8 heteroatoms. The molecule has 0 heterocycles. The van der Waals surface area contributed by atoms with Crippen LogP contribution < -0.4 is 0 Å². The van der Waals surface area contributed by atoms with Gasteiger partial charge in [-0.3, -0.25) is 10.8 Å². The monoisotopic (exact) mass is 382 g/mol. The summed E-state index contributed by atoms with van der Waals surface area (Å²) in [6, 6.07) is 16.2. The van der Waals surface area contributed by atoms with Crippen LogP contribution in [0.2, 0.25) is 0 Å². The summed E-state index contributed by atoms with van der Waals surface area (Å²) in [6.07, 6.45) is 0. The molecule has 0 fully saturated rings. The van der Waals surface area contributed by atoms with Crippen molar-refractivity contribution in [1.82, 2.24) is 0 Å². The van der Waals surface area contributed by atoms with Crippen molar-refractivity contribution in [2.24, 2.45) is 11.8 Å². The summed E-state index contributed by atoms with van der Waals surface area (Å²) in [5.74, 6) is -1.95. The molecule has 2 aromatic rings. The Labute approximate surface area is 159 Å². The van der Waals surface area contributed by atoms with Gasteiger partial charge in [-0.25, -0.2) is 0 Å². The van der Waals surface area contributed by atoms with Crippen LogP contribution in [0.4, 0.5) is 0 Å². The summed E-state index contributed by atoms with van der Waals surface area (Å²) < 4.78 is 0. The third kappa shape index (κ3) is 5.03. The quantitative estimate of drug-likeness (QED) is 0.347. The van der Waals surface area contributed by atoms with Gasteiger partial charge in [0.05, 0.1) is 22.2 Å². The first kappa shape index (κ1) is 19.4. The Kier molecular flexibility index (Phi) is 6.67. The summed E-state index contributed by atoms with van der Waals surface area (Å²) in [7, 11) is 0. The molecule has 4 N–H and O–H groups in total. The van der Waals surface area contributed by atoms with Crippen molar-refractivity contribution in [3.8, 4) is 23.6 Å². The second kappa shape index (κ2) is 8.95. The zero-order valence-electron chi connectivity index (χ0n) is 13.4. The first-order valence-electron chi connectivity index (χ1n) is 7.34. The highest BCUT2D eigenvalue weighted by Gasteiger charge is 2.30. The number of phenolic OH excluding ortho intramolecular Hbond substituents is 2. The van der Waals surface area contributed by atoms with E-state index in [0.717, 1.165) is 23.5 Å². The van der Waals surface area contributed by atoms with Crippen molar-refractivity contribution < 1.29 is 10.2 Å². The molecule has 2 rings (SSSR count). The second-order valence-electron chi connectivity index (χ2n) is 5.13. The summed E-state index contributed by atoms with van der Waals surface area (Å²) in [5, 5.41) is 53.7. The molecular weight excluding hydrogens is 368 g/mol. The van der Waals surface area contributed by atoms with E-state index in [2.05, 4.69) is 0 Å². The van der Waals surface area contributed by atoms with Gasteiger partial charge in [-0.1, -0.05) is 23.5 Å². The summed E-state index contributed by atoms with van der Waals surface area (Å²) in [4.78, 5) is 1.31. The third-order valence-corrected chi connectivity index (χ3v) is 5.27. The lowest BCUT2D eigenvalue weighted by molar-refractivity contribution is 0.474. The van der Waals surface area contributed by atoms with Crippen molar-refractivity contribution in [2.45, 2.75) is 9.79 Å². The van der Waals surface area contributed by atoms with E-state index >= 15 is 0 Å². The summed E-state index contributed by atoms with van der Waals surface area (Å²) >= 11 is 2.03. The maximum atomic E-state index is 9.44. The number of nitrogens with zero attached hydrogens (tertiary/aromatic N) is 2. The maximum Gasteiger partial charge on any atom is 0.116 e. The van der Waals surface area contributed by atoms with E-state index in [1.54, 1.807) is 24.3 Å². The molecule has 0 aliphatic rings. The number of aromatic hydroxyl groups is 2. The molecule has 130 valence electrons. The standard InChI is InChI=1S/C18H14N4O2S2/c19-9-15(17(21)25-13-5-1-11(23)2-6-13)16(10-20)18(22)26-14-7-3-12(24)4-8-14/h1-8,15-16,21-24H. The first-order valence-corrected chi connectivity index (χ1v) is 8.97. The zero-order chi connectivity index (χ0) is 19.1. The van der Waals surface area contributed by atoms with Gasteiger partial charge in [-0.05, 0) is 48.5 Å². The van der Waals surface area contributed by atoms with Crippen LogP contribution in [-0.2, 0) is 0 Å². The number of hydrogen-bond acceptors (Lipinski definition) is 8. The second-order valence-corrected chi connectivity index (χ2v) is 7.36. The van der Waals surface area contributed by atoms with Crippen LogP contribution >= 0.6 is 23.5 Å². The topological polar surface area (TPSA) is 136 Å². The van der Waals surface area contributed by atoms with Crippen LogP contribution in [0.5, 0.6) is 11.5 Å². The molecule has 0 amide bonds. The lowest BCUT2D eigenvalue weighted by atomic mass is 9.97. The fourth-order valence-electron chi connectivity index (χ4n) is 1.98. The van der Waals surface area contributed by atoms with Crippen LogP contribution in [0.1, 0.15) is 0 Å². The molecule has 0 radical (unpaired) electrons. The first-order chi connectivity index (χ1) is 12.4. The van der Waals surface area contributed by atoms with E-state index in [0.29, 0.717) is 9.79 Å². The SMILES string of the molecule is N#CC(C(=N)Sc1ccc(O)cc1)C(C#N)C(=N)Sc1ccc(O)cc1. The average Bonchev–Trinajstić information content (AvgIpc) is 2.63. The predicted octanol–water partition coefficient (Wildman–Crippen LogP) is 4.22. The van der Waals surface area contributed by atoms with Gasteiger partial charge < -0.3 is 10.2 Å². The largest absolute Gasteiger partial charge is 0.508 e. The van der Waals surface area contributed by atoms with Gasteiger partial charge in [0.2, 0.25) is 0 Å². The lowest BCUT2D eigenvalue weighted by Gasteiger charge is -2.17. The molecule has 26 heavy (non-hydrogen) atoms. The van der Waals surface area contributed by atoms with E-state index in [-0.39, 0.29) is 21.6 Å². The van der Waals surface area contributed by atoms with Crippen LogP contribution in [-0.4, -0.2) is 20.3 Å². The highest BCUT2D eigenvalue weighted by Crippen LogP contribution is 2.32. The van der Waals surface area contributed by atoms with Gasteiger partial charge in [0.25, 0.3) is 0 Å². The smallest absolute Gasteiger partial charge is 0.116 e. The number of nitriles is 2. The van der Waals surface area contributed by atoms with Gasteiger partial charge >= 0.3 is 0 Å². The third-order valence-electron chi connectivity index (χ3n) is 3.31. The molecule has 0 aromatic heterocycles. The molecular formula is C18H14N4O2S2. The van der Waals surface area contributed by atoms with Crippen molar-refractivity contribution in [2.75, 3.05) is 0 Å². The predicted molar refractivity (Wildman–Crippen MR) is 102 cm³/mol. The van der Waals surface area contributed by atoms with Gasteiger partial charge in [0.1, 0.15) is 23.3 Å². The van der Waals surface area contributed by atoms with Crippen molar-refractivity contribution >= 4 is 33.6 Å². The maximum absolute atomic E-state index is 9.44. The van der Waals surface area contributed by atoms with Crippen LogP contribution in [0.3, 0.4) is 0 Å². The molecule has 0 aliphatic carbocycles. The Morgan fingerprint density at radius 2 is 1.04 bits per heavy atom. The Bertz CT molecular complexity index is 808. The van der Waals surface area contributed by atoms with Crippen molar-refractivity contribution in [1.29, 1.82) is 21.3 Å². The zero-order valence-corrected chi connectivity index (χ0v) is 15.0. The van der Waals surface area contributed by atoms with Crippen LogP contribution in [0.15, 0.2) is 58.3 Å². The molecule has 0 bridgehead atoms. The molecule has 2 atom stereocenters. The highest BCUT2D eigenvalue weighted by atomic mass is 32.2. The Balaban J connectivity index is 2.11. The number of nitrogens with one attached hydrogen (secondary N) is 2. The number of hydrogen-bond donors (Lipinski definition) is 4. The Morgan fingerprint density at radius 3 is 1.31 bits per heavy atom. The molecule has 0 saturated heterocycles. The van der Waals surface area contributed by atoms with Gasteiger partial charge in [0, 0.05) is 9.79 Å². The molecule has 0 saturated carbocycles. The van der Waals surface area contributed by atoms with Crippen LogP contribution in [0.25, 0.3) is 0 Å². The minimum Gasteiger partial charge on any atom is -0.508 e. The molecule has 6 nitrogen and oxygen atoms in total. The van der Waals surface area contributed by atoms with Crippen LogP contribution in [0, 0.1) is 45.3 Å². The summed E-state index contributed by atoms with van der Waals surface area (Å²) in [6.45, 7) is 0. The molecule has 0 spiro atoms. The number of rotatable bonds is 5. The molecule has 2 aromatic carbocycles. The molecule has 2 unspecified atom stereocenters. The van der Waals surface area contributed by atoms with Gasteiger partial charge in [-0.2, -0.15) is 10.5 Å². The fraction of sp³-hybridized carbons (Fsp3) is 0.111. The highest BCUT2D eigenvalue weighted by molar-refractivity contribution is 8.14. The summed E-state index contributed by atoms with van der Waals surface area (Å²) in [5.41, 5.74) is 0. The Hall–Kier alpha value is -2.94. The van der Waals surface area contributed by atoms with E-state index in [4.69, 9.17) is 10.8 Å². The van der Waals surface area contributed by atoms with Crippen molar-refractivity contribution in [3.63, 3.8) is 0 Å². The van der Waals surface area contributed by atoms with E-state index in [1.165, 1.54) is 24.3 Å². The number of thioether (sulfide) groups is 2. The van der Waals surface area contributed by atoms with E-state index < -0.39 is 11.8 Å². The number of benzene rings is 2. The normalized spacial score (nSPS) is 12.4. The lowest BCUT2D eigenvalue weighted by Crippen LogP contribution is -2.24. The van der Waals surface area contributed by atoms with Gasteiger partial charge in [-0.15, -0.1) is 0 Å².